The van der Waals surface area contributed by atoms with Gasteiger partial charge in [0.05, 0.1) is 28.4 Å². The molecule has 14 heteroatoms. The second kappa shape index (κ2) is 12.7. The monoisotopic (exact) mass is 608 g/mol. The summed E-state index contributed by atoms with van der Waals surface area (Å²) in [7, 11) is 4.77. The minimum absolute atomic E-state index is 0.130. The minimum atomic E-state index is -4.75. The van der Waals surface area contributed by atoms with Crippen LogP contribution in [0.1, 0.15) is 44.8 Å². The summed E-state index contributed by atoms with van der Waals surface area (Å²) < 4.78 is 102. The Morgan fingerprint density at radius 3 is 1.02 bits per heavy atom. The van der Waals surface area contributed by atoms with Crippen molar-refractivity contribution in [2.24, 2.45) is 0 Å². The van der Waals surface area contributed by atoms with Gasteiger partial charge in [-0.1, -0.05) is 48.5 Å². The first-order valence-electron chi connectivity index (χ1n) is 12.6. The van der Waals surface area contributed by atoms with Crippen LogP contribution in [0.3, 0.4) is 0 Å². The molecular formula is C29H26F6N4O4. The van der Waals surface area contributed by atoms with Crippen LogP contribution in [0.2, 0.25) is 0 Å². The van der Waals surface area contributed by atoms with Gasteiger partial charge in [0.25, 0.3) is 0 Å². The summed E-state index contributed by atoms with van der Waals surface area (Å²) in [6.45, 7) is 0. The maximum absolute atomic E-state index is 13.7. The number of nitrogens with zero attached hydrogens (tertiary/aromatic N) is 4. The molecule has 0 unspecified atom stereocenters. The van der Waals surface area contributed by atoms with Crippen LogP contribution in [0.4, 0.5) is 26.3 Å². The highest BCUT2D eigenvalue weighted by atomic mass is 19.4. The Labute approximate surface area is 242 Å². The van der Waals surface area contributed by atoms with Crippen molar-refractivity contribution in [1.82, 2.24) is 19.9 Å². The zero-order chi connectivity index (χ0) is 31.4. The normalized spacial score (nSPS) is 11.8. The first-order valence-corrected chi connectivity index (χ1v) is 12.6. The molecule has 0 fully saturated rings. The first kappa shape index (κ1) is 31.3. The van der Waals surface area contributed by atoms with Gasteiger partial charge in [0.2, 0.25) is 11.8 Å². The van der Waals surface area contributed by atoms with E-state index in [1.807, 2.05) is 0 Å². The Bertz CT molecular complexity index is 1440. The number of halogens is 6. The predicted octanol–water partition coefficient (Wildman–Crippen LogP) is 6.11. The average Bonchev–Trinajstić information content (AvgIpc) is 2.98. The molecule has 0 saturated heterocycles. The van der Waals surface area contributed by atoms with Gasteiger partial charge in [-0.3, -0.25) is 0 Å². The third-order valence-corrected chi connectivity index (χ3v) is 6.40. The lowest BCUT2D eigenvalue weighted by Crippen LogP contribution is -2.15. The lowest BCUT2D eigenvalue weighted by Gasteiger charge is -2.16. The van der Waals surface area contributed by atoms with Crippen molar-refractivity contribution in [3.8, 4) is 23.8 Å². The largest absolute Gasteiger partial charge is 0.481 e. The zero-order valence-corrected chi connectivity index (χ0v) is 23.4. The van der Waals surface area contributed by atoms with Gasteiger partial charge >= 0.3 is 24.4 Å². The van der Waals surface area contributed by atoms with E-state index in [-0.39, 0.29) is 35.7 Å². The second-order valence-electron chi connectivity index (χ2n) is 9.25. The van der Waals surface area contributed by atoms with Gasteiger partial charge in [0.15, 0.2) is 11.4 Å². The summed E-state index contributed by atoms with van der Waals surface area (Å²) in [5, 5.41) is 0. The van der Waals surface area contributed by atoms with E-state index in [1.54, 1.807) is 48.5 Å². The van der Waals surface area contributed by atoms with Gasteiger partial charge in [-0.25, -0.2) is 0 Å². The molecule has 0 aliphatic carbocycles. The number of ether oxygens (including phenoxy) is 4. The van der Waals surface area contributed by atoms with Crippen LogP contribution >= 0.6 is 0 Å². The van der Waals surface area contributed by atoms with E-state index in [0.29, 0.717) is 17.5 Å². The maximum atomic E-state index is 13.7. The summed E-state index contributed by atoms with van der Waals surface area (Å²) in [4.78, 5) is 14.8. The molecule has 0 N–H and O–H groups in total. The molecule has 0 aliphatic rings. The minimum Gasteiger partial charge on any atom is -0.481 e. The highest BCUT2D eigenvalue weighted by Gasteiger charge is 2.39. The smallest absolute Gasteiger partial charge is 0.434 e. The van der Waals surface area contributed by atoms with Crippen molar-refractivity contribution in [2.75, 3.05) is 28.4 Å². The predicted molar refractivity (Wildman–Crippen MR) is 142 cm³/mol. The van der Waals surface area contributed by atoms with Crippen LogP contribution in [-0.4, -0.2) is 48.4 Å². The SMILES string of the molecule is COc1nc(OC)c(Cc2ccc(Cc3ccc(Cc4c(OC)nc(OC)nc4C(F)(F)F)cc3)cc2)c(C(F)(F)F)n1. The maximum Gasteiger partial charge on any atom is 0.434 e. The van der Waals surface area contributed by atoms with E-state index in [1.165, 1.54) is 14.2 Å². The summed E-state index contributed by atoms with van der Waals surface area (Å²) in [5.74, 6) is -0.464. The molecule has 4 rings (SSSR count). The molecule has 0 radical (unpaired) electrons. The van der Waals surface area contributed by atoms with Gasteiger partial charge in [-0.05, 0) is 28.7 Å². The summed E-state index contributed by atoms with van der Waals surface area (Å²) >= 11 is 0. The highest BCUT2D eigenvalue weighted by molar-refractivity contribution is 5.41. The average molecular weight is 609 g/mol. The standard InChI is InChI=1S/C29H26F6N4O4/c1-40-24-20(22(28(30,31)32)36-26(38-24)42-3)14-18-9-5-16(6-10-18)13-17-7-11-19(12-8-17)15-21-23(29(33,34)35)37-27(43-4)39-25(21)41-2/h5-12H,13-15H2,1-4H3. The van der Waals surface area contributed by atoms with Crippen LogP contribution in [0.15, 0.2) is 48.5 Å². The van der Waals surface area contributed by atoms with Gasteiger partial charge in [0.1, 0.15) is 0 Å². The van der Waals surface area contributed by atoms with E-state index in [9.17, 15) is 26.3 Å². The quantitative estimate of drug-likeness (QED) is 0.199. The van der Waals surface area contributed by atoms with Crippen LogP contribution in [0.25, 0.3) is 0 Å². The molecule has 0 bridgehead atoms. The Hall–Kier alpha value is -4.62. The van der Waals surface area contributed by atoms with E-state index in [0.717, 1.165) is 25.3 Å². The van der Waals surface area contributed by atoms with Gasteiger partial charge in [-0.15, -0.1) is 0 Å². The molecule has 0 amide bonds. The molecular weight excluding hydrogens is 582 g/mol. The molecule has 228 valence electrons. The van der Waals surface area contributed by atoms with Crippen LogP contribution in [0, 0.1) is 0 Å². The summed E-state index contributed by atoms with van der Waals surface area (Å²) in [5.41, 5.74) is 0.187. The Morgan fingerprint density at radius 1 is 0.465 bits per heavy atom. The number of alkyl halides is 6. The van der Waals surface area contributed by atoms with Crippen molar-refractivity contribution in [3.63, 3.8) is 0 Å². The molecule has 0 spiro atoms. The second-order valence-corrected chi connectivity index (χ2v) is 9.25. The number of rotatable bonds is 10. The molecule has 0 atom stereocenters. The number of hydrogen-bond acceptors (Lipinski definition) is 8. The number of benzene rings is 2. The third kappa shape index (κ3) is 7.43. The Kier molecular flexibility index (Phi) is 9.26. The molecule has 2 heterocycles. The van der Waals surface area contributed by atoms with Crippen molar-refractivity contribution < 1.29 is 45.3 Å². The van der Waals surface area contributed by atoms with E-state index >= 15 is 0 Å². The Morgan fingerprint density at radius 2 is 0.767 bits per heavy atom. The number of aromatic nitrogens is 4. The fraction of sp³-hybridized carbons (Fsp3) is 0.310. The first-order chi connectivity index (χ1) is 20.4. The van der Waals surface area contributed by atoms with E-state index < -0.39 is 35.8 Å². The van der Waals surface area contributed by atoms with Crippen LogP contribution < -0.4 is 18.9 Å². The third-order valence-electron chi connectivity index (χ3n) is 6.40. The van der Waals surface area contributed by atoms with Gasteiger partial charge in [0, 0.05) is 24.0 Å². The van der Waals surface area contributed by atoms with Gasteiger partial charge in [-0.2, -0.15) is 46.3 Å². The molecule has 0 aliphatic heterocycles. The molecule has 2 aromatic heterocycles. The fourth-order valence-corrected chi connectivity index (χ4v) is 4.39. The molecule has 8 nitrogen and oxygen atoms in total. The Balaban J connectivity index is 1.51. The molecule has 43 heavy (non-hydrogen) atoms. The molecule has 2 aromatic carbocycles. The lowest BCUT2D eigenvalue weighted by molar-refractivity contribution is -0.143. The zero-order valence-electron chi connectivity index (χ0n) is 23.4. The number of hydrogen-bond donors (Lipinski definition) is 0. The lowest BCUT2D eigenvalue weighted by atomic mass is 9.98. The van der Waals surface area contributed by atoms with E-state index in [4.69, 9.17) is 18.9 Å². The summed E-state index contributed by atoms with van der Waals surface area (Å²) in [6, 6.07) is 13.0. The summed E-state index contributed by atoms with van der Waals surface area (Å²) in [6.07, 6.45) is -9.27. The highest BCUT2D eigenvalue weighted by Crippen LogP contribution is 2.37. The van der Waals surface area contributed by atoms with Crippen molar-refractivity contribution in [1.29, 1.82) is 0 Å². The van der Waals surface area contributed by atoms with Crippen LogP contribution in [-0.2, 0) is 31.6 Å². The van der Waals surface area contributed by atoms with Crippen LogP contribution in [0.5, 0.6) is 23.8 Å². The van der Waals surface area contributed by atoms with E-state index in [2.05, 4.69) is 19.9 Å². The van der Waals surface area contributed by atoms with Gasteiger partial charge < -0.3 is 18.9 Å². The van der Waals surface area contributed by atoms with Crippen molar-refractivity contribution in [2.45, 2.75) is 31.6 Å². The number of methoxy groups -OCH3 is 4. The molecule has 4 aromatic rings. The fourth-order valence-electron chi connectivity index (χ4n) is 4.39. The van der Waals surface area contributed by atoms with Crippen molar-refractivity contribution in [3.05, 3.63) is 93.3 Å². The molecule has 0 saturated carbocycles. The van der Waals surface area contributed by atoms with Crippen molar-refractivity contribution >= 4 is 0 Å². The topological polar surface area (TPSA) is 88.5 Å².